The fourth-order valence-electron chi connectivity index (χ4n) is 2.04. The Morgan fingerprint density at radius 1 is 1.13 bits per heavy atom. The Kier molecular flexibility index (Phi) is 5.69. The molecular formula is C19H19NO3. The van der Waals surface area contributed by atoms with E-state index in [1.54, 1.807) is 13.1 Å². The summed E-state index contributed by atoms with van der Waals surface area (Å²) < 4.78 is 5.40. The van der Waals surface area contributed by atoms with Crippen LogP contribution in [0.4, 0.5) is 5.69 Å². The van der Waals surface area contributed by atoms with E-state index in [4.69, 9.17) is 9.84 Å². The monoisotopic (exact) mass is 309 g/mol. The van der Waals surface area contributed by atoms with Crippen LogP contribution in [0.5, 0.6) is 5.75 Å². The Hall–Kier alpha value is -2.88. The van der Waals surface area contributed by atoms with Gasteiger partial charge in [0.15, 0.2) is 0 Å². The molecule has 0 aromatic heterocycles. The number of aliphatic carboxylic acids is 1. The Balaban J connectivity index is 2.06. The lowest BCUT2D eigenvalue weighted by molar-refractivity contribution is -0.131. The van der Waals surface area contributed by atoms with E-state index in [1.165, 1.54) is 6.08 Å². The van der Waals surface area contributed by atoms with Gasteiger partial charge in [-0.1, -0.05) is 12.1 Å². The molecular weight excluding hydrogens is 290 g/mol. The van der Waals surface area contributed by atoms with E-state index >= 15 is 0 Å². The molecule has 0 spiro atoms. The van der Waals surface area contributed by atoms with Crippen LogP contribution in [0.1, 0.15) is 25.0 Å². The summed E-state index contributed by atoms with van der Waals surface area (Å²) in [7, 11) is 0. The van der Waals surface area contributed by atoms with Crippen LogP contribution in [0.15, 0.2) is 59.6 Å². The van der Waals surface area contributed by atoms with E-state index in [0.29, 0.717) is 12.2 Å². The number of nitrogens with zero attached hydrogens (tertiary/aromatic N) is 1. The van der Waals surface area contributed by atoms with Crippen LogP contribution in [-0.4, -0.2) is 23.9 Å². The molecule has 1 N–H and O–H groups in total. The quantitative estimate of drug-likeness (QED) is 0.638. The molecule has 4 heteroatoms. The van der Waals surface area contributed by atoms with Gasteiger partial charge in [-0.25, -0.2) is 4.79 Å². The summed E-state index contributed by atoms with van der Waals surface area (Å²) in [5, 5.41) is 8.75. The normalized spacial score (nSPS) is 11.7. The van der Waals surface area contributed by atoms with Crippen LogP contribution in [0, 0.1) is 0 Å². The largest absolute Gasteiger partial charge is 0.494 e. The fraction of sp³-hybridized carbons (Fsp3) is 0.158. The summed E-state index contributed by atoms with van der Waals surface area (Å²) in [6, 6.07) is 15.2. The van der Waals surface area contributed by atoms with Crippen molar-refractivity contribution in [2.75, 3.05) is 6.61 Å². The third kappa shape index (κ3) is 5.11. The smallest absolute Gasteiger partial charge is 0.328 e. The number of aliphatic imine (C=N–C) groups is 1. The molecule has 0 atom stereocenters. The third-order valence-electron chi connectivity index (χ3n) is 3.22. The molecule has 0 aliphatic rings. The predicted octanol–water partition coefficient (Wildman–Crippen LogP) is 4.32. The lowest BCUT2D eigenvalue weighted by atomic mass is 10.1. The highest BCUT2D eigenvalue weighted by molar-refractivity contribution is 5.89. The molecule has 2 aromatic carbocycles. The van der Waals surface area contributed by atoms with Crippen molar-refractivity contribution in [1.82, 2.24) is 0 Å². The van der Waals surface area contributed by atoms with Gasteiger partial charge in [0.1, 0.15) is 5.75 Å². The minimum Gasteiger partial charge on any atom is -0.494 e. The number of rotatable bonds is 6. The van der Waals surface area contributed by atoms with Crippen molar-refractivity contribution >= 4 is 23.4 Å². The first-order valence-corrected chi connectivity index (χ1v) is 7.37. The predicted molar refractivity (Wildman–Crippen MR) is 92.6 cm³/mol. The van der Waals surface area contributed by atoms with Gasteiger partial charge >= 0.3 is 5.97 Å². The number of hydrogen-bond donors (Lipinski definition) is 1. The maximum absolute atomic E-state index is 10.7. The zero-order chi connectivity index (χ0) is 16.7. The Morgan fingerprint density at radius 3 is 2.35 bits per heavy atom. The molecule has 0 bridgehead atoms. The molecule has 0 saturated carbocycles. The molecule has 0 fully saturated rings. The molecule has 0 heterocycles. The first-order valence-electron chi connectivity index (χ1n) is 7.37. The second-order valence-corrected chi connectivity index (χ2v) is 4.97. The Labute approximate surface area is 135 Å². The van der Waals surface area contributed by atoms with Crippen molar-refractivity contribution in [3.63, 3.8) is 0 Å². The van der Waals surface area contributed by atoms with Gasteiger partial charge in [-0.15, -0.1) is 0 Å². The average Bonchev–Trinajstić information content (AvgIpc) is 2.54. The van der Waals surface area contributed by atoms with Crippen LogP contribution < -0.4 is 4.74 Å². The standard InChI is InChI=1S/C19H19NO3/c1-3-23-18-10-4-15(5-11-18)13-20-17-8-6-16(7-9-17)14(2)12-19(21)22/h4-13H,3H2,1-2H3,(H,21,22). The maximum Gasteiger partial charge on any atom is 0.328 e. The van der Waals surface area contributed by atoms with Crippen molar-refractivity contribution in [2.24, 2.45) is 4.99 Å². The number of carboxylic acid groups (broad SMARTS) is 1. The summed E-state index contributed by atoms with van der Waals surface area (Å²) >= 11 is 0. The Morgan fingerprint density at radius 2 is 1.78 bits per heavy atom. The van der Waals surface area contributed by atoms with Crippen molar-refractivity contribution in [3.05, 3.63) is 65.7 Å². The van der Waals surface area contributed by atoms with E-state index in [-0.39, 0.29) is 0 Å². The number of carbonyl (C=O) groups is 1. The first-order chi connectivity index (χ1) is 11.1. The highest BCUT2D eigenvalue weighted by atomic mass is 16.5. The van der Waals surface area contributed by atoms with Crippen molar-refractivity contribution in [3.8, 4) is 5.75 Å². The van der Waals surface area contributed by atoms with E-state index in [0.717, 1.165) is 22.6 Å². The summed E-state index contributed by atoms with van der Waals surface area (Å²) in [5.74, 6) is -0.102. The minimum absolute atomic E-state index is 0.648. The SMILES string of the molecule is CCOc1ccc(C=Nc2ccc(C(C)=CC(=O)O)cc2)cc1. The van der Waals surface area contributed by atoms with Gasteiger partial charge in [-0.2, -0.15) is 0 Å². The molecule has 23 heavy (non-hydrogen) atoms. The maximum atomic E-state index is 10.7. The molecule has 0 radical (unpaired) electrons. The number of ether oxygens (including phenoxy) is 1. The second kappa shape index (κ2) is 7.94. The van der Waals surface area contributed by atoms with E-state index < -0.39 is 5.97 Å². The van der Waals surface area contributed by atoms with Gasteiger partial charge in [0.25, 0.3) is 0 Å². The lowest BCUT2D eigenvalue weighted by Crippen LogP contribution is -1.91. The van der Waals surface area contributed by atoms with Crippen LogP contribution >= 0.6 is 0 Å². The van der Waals surface area contributed by atoms with Crippen LogP contribution in [0.2, 0.25) is 0 Å². The van der Waals surface area contributed by atoms with Crippen LogP contribution in [0.25, 0.3) is 5.57 Å². The molecule has 0 aliphatic heterocycles. The van der Waals surface area contributed by atoms with Gasteiger partial charge in [-0.05, 0) is 66.9 Å². The van der Waals surface area contributed by atoms with E-state index in [1.807, 2.05) is 55.5 Å². The zero-order valence-corrected chi connectivity index (χ0v) is 13.2. The molecule has 2 aromatic rings. The molecule has 2 rings (SSSR count). The highest BCUT2D eigenvalue weighted by Crippen LogP contribution is 2.19. The van der Waals surface area contributed by atoms with Crippen LogP contribution in [0.3, 0.4) is 0 Å². The third-order valence-corrected chi connectivity index (χ3v) is 3.22. The summed E-state index contributed by atoms with van der Waals surface area (Å²) in [6.07, 6.45) is 2.98. The van der Waals surface area contributed by atoms with Gasteiger partial charge < -0.3 is 9.84 Å². The minimum atomic E-state index is -0.944. The van der Waals surface area contributed by atoms with Gasteiger partial charge in [0.05, 0.1) is 12.3 Å². The summed E-state index contributed by atoms with van der Waals surface area (Å²) in [6.45, 7) is 4.37. The molecule has 0 saturated heterocycles. The average molecular weight is 309 g/mol. The number of benzene rings is 2. The molecule has 118 valence electrons. The number of allylic oxidation sites excluding steroid dienone is 1. The van der Waals surface area contributed by atoms with E-state index in [2.05, 4.69) is 4.99 Å². The second-order valence-electron chi connectivity index (χ2n) is 4.97. The molecule has 0 unspecified atom stereocenters. The summed E-state index contributed by atoms with van der Waals surface area (Å²) in [4.78, 5) is 15.1. The molecule has 4 nitrogen and oxygen atoms in total. The summed E-state index contributed by atoms with van der Waals surface area (Å²) in [5.41, 5.74) is 3.37. The van der Waals surface area contributed by atoms with Crippen molar-refractivity contribution in [1.29, 1.82) is 0 Å². The fourth-order valence-corrected chi connectivity index (χ4v) is 2.04. The highest BCUT2D eigenvalue weighted by Gasteiger charge is 1.99. The topological polar surface area (TPSA) is 58.9 Å². The Bertz CT molecular complexity index is 713. The molecule has 0 aliphatic carbocycles. The zero-order valence-electron chi connectivity index (χ0n) is 13.2. The number of hydrogen-bond acceptors (Lipinski definition) is 3. The van der Waals surface area contributed by atoms with Gasteiger partial charge in [0.2, 0.25) is 0 Å². The van der Waals surface area contributed by atoms with Gasteiger partial charge in [0, 0.05) is 12.3 Å². The van der Waals surface area contributed by atoms with E-state index in [9.17, 15) is 4.79 Å². The first kappa shape index (κ1) is 16.5. The lowest BCUT2D eigenvalue weighted by Gasteiger charge is -2.02. The van der Waals surface area contributed by atoms with Gasteiger partial charge in [-0.3, -0.25) is 4.99 Å². The number of carboxylic acids is 1. The molecule has 0 amide bonds. The van der Waals surface area contributed by atoms with Crippen molar-refractivity contribution < 1.29 is 14.6 Å². The van der Waals surface area contributed by atoms with Crippen molar-refractivity contribution in [2.45, 2.75) is 13.8 Å². The van der Waals surface area contributed by atoms with Crippen LogP contribution in [-0.2, 0) is 4.79 Å².